The molecule has 0 spiro atoms. The van der Waals surface area contributed by atoms with Crippen molar-refractivity contribution in [2.75, 3.05) is 32.8 Å². The van der Waals surface area contributed by atoms with Crippen molar-refractivity contribution in [3.05, 3.63) is 36.3 Å². The van der Waals surface area contributed by atoms with E-state index in [4.69, 9.17) is 19.4 Å². The molecule has 0 saturated carbocycles. The lowest BCUT2D eigenvalue weighted by Gasteiger charge is -2.26. The maximum absolute atomic E-state index is 12.7. The third-order valence-electron chi connectivity index (χ3n) is 6.44. The number of benzene rings is 1. The van der Waals surface area contributed by atoms with Crippen molar-refractivity contribution >= 4 is 33.7 Å². The van der Waals surface area contributed by atoms with Crippen LogP contribution in [0.5, 0.6) is 5.75 Å². The number of esters is 1. The number of ether oxygens (including phenoxy) is 2. The van der Waals surface area contributed by atoms with Crippen LogP contribution in [0.1, 0.15) is 39.9 Å². The minimum Gasteiger partial charge on any atom is -0.424 e. The third-order valence-corrected chi connectivity index (χ3v) is 6.44. The highest BCUT2D eigenvalue weighted by Crippen LogP contribution is 2.34. The monoisotopic (exact) mass is 477 g/mol. The second-order valence-electron chi connectivity index (χ2n) is 10.3. The van der Waals surface area contributed by atoms with Crippen LogP contribution in [0.15, 0.2) is 30.5 Å². The smallest absolute Gasteiger partial charge is 0.311 e. The molecule has 1 aliphatic rings. The van der Waals surface area contributed by atoms with E-state index in [0.29, 0.717) is 18.1 Å². The van der Waals surface area contributed by atoms with Crippen LogP contribution in [0.25, 0.3) is 27.7 Å². The van der Waals surface area contributed by atoms with Gasteiger partial charge in [-0.3, -0.25) is 14.1 Å². The molecular weight excluding hydrogens is 442 g/mol. The Kier molecular flexibility index (Phi) is 6.75. The SMILES string of the molecule is CC(C)CC(=O)Oc1cn(CCN2CCOCC2)c2nc(CC(C)C)n3c4ccccc4nc3c12. The van der Waals surface area contributed by atoms with Crippen molar-refractivity contribution in [3.63, 3.8) is 0 Å². The fourth-order valence-electron chi connectivity index (χ4n) is 4.80. The average molecular weight is 478 g/mol. The number of carbonyl (C=O) groups excluding carboxylic acids is 1. The molecule has 8 heteroatoms. The molecule has 1 fully saturated rings. The summed E-state index contributed by atoms with van der Waals surface area (Å²) >= 11 is 0. The summed E-state index contributed by atoms with van der Waals surface area (Å²) in [6.07, 6.45) is 3.13. The van der Waals surface area contributed by atoms with Crippen LogP contribution in [-0.4, -0.2) is 62.7 Å². The van der Waals surface area contributed by atoms with Crippen LogP contribution in [0, 0.1) is 11.8 Å². The lowest BCUT2D eigenvalue weighted by molar-refractivity contribution is -0.135. The second-order valence-corrected chi connectivity index (χ2v) is 10.3. The van der Waals surface area contributed by atoms with Gasteiger partial charge in [0.25, 0.3) is 0 Å². The van der Waals surface area contributed by atoms with Gasteiger partial charge >= 0.3 is 5.97 Å². The van der Waals surface area contributed by atoms with E-state index in [1.165, 1.54) is 0 Å². The molecule has 0 N–H and O–H groups in total. The van der Waals surface area contributed by atoms with E-state index < -0.39 is 0 Å². The summed E-state index contributed by atoms with van der Waals surface area (Å²) in [7, 11) is 0. The van der Waals surface area contributed by atoms with Gasteiger partial charge in [-0.2, -0.15) is 0 Å². The molecule has 5 rings (SSSR count). The van der Waals surface area contributed by atoms with Gasteiger partial charge in [-0.1, -0.05) is 39.8 Å². The number of carbonyl (C=O) groups is 1. The topological polar surface area (TPSA) is 73.9 Å². The summed E-state index contributed by atoms with van der Waals surface area (Å²) < 4.78 is 15.7. The zero-order valence-electron chi connectivity index (χ0n) is 21.2. The van der Waals surface area contributed by atoms with Crippen molar-refractivity contribution in [2.24, 2.45) is 11.8 Å². The number of morpholine rings is 1. The first-order valence-corrected chi connectivity index (χ1v) is 12.7. The van der Waals surface area contributed by atoms with Crippen LogP contribution >= 0.6 is 0 Å². The van der Waals surface area contributed by atoms with Gasteiger partial charge in [0.05, 0.1) is 24.2 Å². The summed E-state index contributed by atoms with van der Waals surface area (Å²) in [5.74, 6) is 1.94. The molecule has 186 valence electrons. The number of para-hydroxylation sites is 2. The fourth-order valence-corrected chi connectivity index (χ4v) is 4.80. The van der Waals surface area contributed by atoms with Gasteiger partial charge in [0, 0.05) is 45.2 Å². The van der Waals surface area contributed by atoms with E-state index >= 15 is 0 Å². The zero-order valence-corrected chi connectivity index (χ0v) is 21.2. The first-order chi connectivity index (χ1) is 16.9. The summed E-state index contributed by atoms with van der Waals surface area (Å²) in [5.41, 5.74) is 3.55. The Hall–Kier alpha value is -2.97. The molecule has 0 aliphatic carbocycles. The Morgan fingerprint density at radius 1 is 1.03 bits per heavy atom. The molecule has 8 nitrogen and oxygen atoms in total. The Balaban J connectivity index is 1.67. The highest BCUT2D eigenvalue weighted by atomic mass is 16.5. The van der Waals surface area contributed by atoms with Gasteiger partial charge < -0.3 is 14.0 Å². The van der Waals surface area contributed by atoms with Gasteiger partial charge in [0.1, 0.15) is 16.9 Å². The van der Waals surface area contributed by atoms with Gasteiger partial charge in [0.15, 0.2) is 11.4 Å². The molecule has 1 saturated heterocycles. The summed E-state index contributed by atoms with van der Waals surface area (Å²) in [6, 6.07) is 8.12. The standard InChI is InChI=1S/C27H35N5O3/c1-18(2)15-23-29-26-25(27-28-20-7-5-6-8-21(20)32(23)27)22(35-24(33)16-19(3)4)17-31(26)10-9-30-11-13-34-14-12-30/h5-8,17-19H,9-16H2,1-4H3. The third kappa shape index (κ3) is 4.90. The first kappa shape index (κ1) is 23.8. The molecule has 4 aromatic rings. The Morgan fingerprint density at radius 2 is 1.80 bits per heavy atom. The number of imidazole rings is 1. The normalized spacial score (nSPS) is 15.3. The van der Waals surface area contributed by atoms with Crippen molar-refractivity contribution in [3.8, 4) is 5.75 Å². The average Bonchev–Trinajstić information content (AvgIpc) is 3.36. The minimum atomic E-state index is -0.229. The first-order valence-electron chi connectivity index (χ1n) is 12.7. The van der Waals surface area contributed by atoms with Crippen LogP contribution in [0.4, 0.5) is 0 Å². The molecule has 0 amide bonds. The lowest BCUT2D eigenvalue weighted by Crippen LogP contribution is -2.38. The predicted octanol–water partition coefficient (Wildman–Crippen LogP) is 4.32. The summed E-state index contributed by atoms with van der Waals surface area (Å²) in [5, 5.41) is 0.799. The molecule has 35 heavy (non-hydrogen) atoms. The van der Waals surface area contributed by atoms with E-state index in [-0.39, 0.29) is 11.9 Å². The predicted molar refractivity (Wildman–Crippen MR) is 137 cm³/mol. The van der Waals surface area contributed by atoms with E-state index in [1.807, 2.05) is 38.2 Å². The largest absolute Gasteiger partial charge is 0.424 e. The zero-order chi connectivity index (χ0) is 24.5. The fraction of sp³-hybridized carbons (Fsp3) is 0.519. The quantitative estimate of drug-likeness (QED) is 0.352. The molecular formula is C27H35N5O3. The molecule has 4 heterocycles. The maximum atomic E-state index is 12.7. The molecule has 1 aliphatic heterocycles. The van der Waals surface area contributed by atoms with E-state index in [0.717, 1.165) is 79.4 Å². The Morgan fingerprint density at radius 3 is 2.54 bits per heavy atom. The van der Waals surface area contributed by atoms with Crippen molar-refractivity contribution < 1.29 is 14.3 Å². The van der Waals surface area contributed by atoms with Crippen molar-refractivity contribution in [1.29, 1.82) is 0 Å². The highest BCUT2D eigenvalue weighted by Gasteiger charge is 2.23. The second kappa shape index (κ2) is 9.95. The summed E-state index contributed by atoms with van der Waals surface area (Å²) in [4.78, 5) is 25.3. The number of hydrogen-bond acceptors (Lipinski definition) is 6. The molecule has 0 atom stereocenters. The van der Waals surface area contributed by atoms with E-state index in [1.54, 1.807) is 0 Å². The number of aromatic nitrogens is 4. The molecule has 0 unspecified atom stereocenters. The van der Waals surface area contributed by atoms with Crippen LogP contribution in [0.2, 0.25) is 0 Å². The number of hydrogen-bond donors (Lipinski definition) is 0. The van der Waals surface area contributed by atoms with Crippen LogP contribution in [-0.2, 0) is 22.5 Å². The van der Waals surface area contributed by atoms with Crippen LogP contribution in [0.3, 0.4) is 0 Å². The van der Waals surface area contributed by atoms with Gasteiger partial charge in [0.2, 0.25) is 0 Å². The number of nitrogens with zero attached hydrogens (tertiary/aromatic N) is 5. The minimum absolute atomic E-state index is 0.224. The molecule has 3 aromatic heterocycles. The summed E-state index contributed by atoms with van der Waals surface area (Å²) in [6.45, 7) is 13.5. The molecule has 0 bridgehead atoms. The van der Waals surface area contributed by atoms with Gasteiger partial charge in [-0.25, -0.2) is 9.97 Å². The Bertz CT molecular complexity index is 1350. The van der Waals surface area contributed by atoms with Crippen LogP contribution < -0.4 is 4.74 Å². The lowest BCUT2D eigenvalue weighted by atomic mass is 10.1. The number of rotatable bonds is 8. The maximum Gasteiger partial charge on any atom is 0.311 e. The van der Waals surface area contributed by atoms with E-state index in [2.05, 4.69) is 33.8 Å². The van der Waals surface area contributed by atoms with E-state index in [9.17, 15) is 4.79 Å². The Labute approximate surface area is 205 Å². The van der Waals surface area contributed by atoms with Crippen molar-refractivity contribution in [2.45, 2.75) is 47.1 Å². The number of fused-ring (bicyclic) bond motifs is 5. The van der Waals surface area contributed by atoms with Gasteiger partial charge in [-0.05, 0) is 24.0 Å². The van der Waals surface area contributed by atoms with Gasteiger partial charge in [-0.15, -0.1) is 0 Å². The highest BCUT2D eigenvalue weighted by molar-refractivity contribution is 6.01. The van der Waals surface area contributed by atoms with Crippen molar-refractivity contribution in [1.82, 2.24) is 23.8 Å². The molecule has 1 aromatic carbocycles. The molecule has 0 radical (unpaired) electrons.